The van der Waals surface area contributed by atoms with Crippen molar-refractivity contribution in [1.29, 1.82) is 0 Å². The Morgan fingerprint density at radius 3 is 2.27 bits per heavy atom. The molecule has 0 saturated carbocycles. The maximum absolute atomic E-state index is 13.5. The molecule has 0 fully saturated rings. The van der Waals surface area contributed by atoms with Gasteiger partial charge in [0.15, 0.2) is 0 Å². The first kappa shape index (κ1) is 25.2. The number of carbonyl (C=O) groups is 2. The van der Waals surface area contributed by atoms with E-state index in [2.05, 4.69) is 6.92 Å². The lowest BCUT2D eigenvalue weighted by molar-refractivity contribution is -0.137. The Morgan fingerprint density at radius 2 is 1.54 bits per heavy atom. The number of halogens is 1. The van der Waals surface area contributed by atoms with Crippen molar-refractivity contribution in [2.24, 2.45) is 0 Å². The van der Waals surface area contributed by atoms with Crippen molar-refractivity contribution >= 4 is 23.5 Å². The largest absolute Gasteiger partial charge is 0.487 e. The van der Waals surface area contributed by atoms with Crippen LogP contribution in [0.2, 0.25) is 5.02 Å². The van der Waals surface area contributed by atoms with Crippen molar-refractivity contribution in [3.8, 4) is 11.5 Å². The minimum absolute atomic E-state index is 0.195. The van der Waals surface area contributed by atoms with E-state index in [1.807, 2.05) is 68.4 Å². The van der Waals surface area contributed by atoms with Crippen LogP contribution in [0.5, 0.6) is 11.5 Å². The summed E-state index contributed by atoms with van der Waals surface area (Å²) in [5.74, 6) is 0.205. The van der Waals surface area contributed by atoms with Gasteiger partial charge in [-0.2, -0.15) is 0 Å². The van der Waals surface area contributed by atoms with E-state index in [0.717, 1.165) is 40.2 Å². The molecule has 192 valence electrons. The summed E-state index contributed by atoms with van der Waals surface area (Å²) < 4.78 is 12.2. The second-order valence-electron chi connectivity index (χ2n) is 10.9. The van der Waals surface area contributed by atoms with Gasteiger partial charge in [0, 0.05) is 36.4 Å². The van der Waals surface area contributed by atoms with Crippen molar-refractivity contribution in [2.45, 2.75) is 57.8 Å². The van der Waals surface area contributed by atoms with Gasteiger partial charge in [-0.1, -0.05) is 35.9 Å². The standard InChI is InChI=1S/C30H30ClNO5/c1-29(2)15-22-12-20(6-10-25(22)36-29)17-32(18-27(33)34)28(35)21-7-11-26-23(13-21)16-30(3,37-26)14-19-4-8-24(31)9-5-19/h4-13H,14-18H2,1-3H3,(H,33,34)/t30-/m0/s1. The highest BCUT2D eigenvalue weighted by molar-refractivity contribution is 6.30. The van der Waals surface area contributed by atoms with Gasteiger partial charge < -0.3 is 19.5 Å². The smallest absolute Gasteiger partial charge is 0.323 e. The second-order valence-corrected chi connectivity index (χ2v) is 11.3. The van der Waals surface area contributed by atoms with E-state index >= 15 is 0 Å². The molecule has 0 aliphatic carbocycles. The van der Waals surface area contributed by atoms with Gasteiger partial charge in [-0.15, -0.1) is 0 Å². The fourth-order valence-corrected chi connectivity index (χ4v) is 5.44. The molecule has 3 aromatic rings. The second kappa shape index (κ2) is 9.42. The SMILES string of the molecule is CC1(C)Cc2cc(CN(CC(=O)O)C(=O)c3ccc4c(c3)C[C@](C)(Cc3ccc(Cl)cc3)O4)ccc2O1. The van der Waals surface area contributed by atoms with E-state index in [9.17, 15) is 14.7 Å². The third-order valence-electron chi connectivity index (χ3n) is 6.83. The number of fused-ring (bicyclic) bond motifs is 2. The minimum Gasteiger partial charge on any atom is -0.487 e. The number of rotatable bonds is 7. The van der Waals surface area contributed by atoms with Crippen LogP contribution in [-0.2, 0) is 30.6 Å². The summed E-state index contributed by atoms with van der Waals surface area (Å²) in [4.78, 5) is 26.5. The molecule has 2 aliphatic heterocycles. The fourth-order valence-electron chi connectivity index (χ4n) is 5.31. The lowest BCUT2D eigenvalue weighted by atomic mass is 9.91. The molecule has 6 nitrogen and oxygen atoms in total. The molecular formula is C30H30ClNO5. The molecule has 0 radical (unpaired) electrons. The summed E-state index contributed by atoms with van der Waals surface area (Å²) in [7, 11) is 0. The van der Waals surface area contributed by atoms with Crippen LogP contribution in [0.15, 0.2) is 60.7 Å². The molecule has 3 aromatic carbocycles. The Labute approximate surface area is 221 Å². The number of aliphatic carboxylic acids is 1. The molecule has 37 heavy (non-hydrogen) atoms. The molecule has 5 rings (SSSR count). The van der Waals surface area contributed by atoms with Gasteiger partial charge in [-0.05, 0) is 79.4 Å². The number of hydrogen-bond donors (Lipinski definition) is 1. The molecule has 0 bridgehead atoms. The number of ether oxygens (including phenoxy) is 2. The van der Waals surface area contributed by atoms with Gasteiger partial charge in [-0.25, -0.2) is 0 Å². The highest BCUT2D eigenvalue weighted by Crippen LogP contribution is 2.38. The average Bonchev–Trinajstić information content (AvgIpc) is 3.32. The predicted molar refractivity (Wildman–Crippen MR) is 142 cm³/mol. The molecular weight excluding hydrogens is 490 g/mol. The van der Waals surface area contributed by atoms with Crippen molar-refractivity contribution < 1.29 is 24.2 Å². The van der Waals surface area contributed by atoms with E-state index in [1.54, 1.807) is 6.07 Å². The molecule has 2 aliphatic rings. The van der Waals surface area contributed by atoms with Gasteiger partial charge >= 0.3 is 5.97 Å². The molecule has 1 N–H and O–H groups in total. The summed E-state index contributed by atoms with van der Waals surface area (Å²) in [6, 6.07) is 18.9. The van der Waals surface area contributed by atoms with Crippen LogP contribution >= 0.6 is 11.6 Å². The van der Waals surface area contributed by atoms with Crippen molar-refractivity contribution in [2.75, 3.05) is 6.54 Å². The van der Waals surface area contributed by atoms with Gasteiger partial charge in [0.1, 0.15) is 29.2 Å². The number of carboxylic acids is 1. The number of benzene rings is 3. The highest BCUT2D eigenvalue weighted by atomic mass is 35.5. The zero-order valence-corrected chi connectivity index (χ0v) is 22.0. The maximum Gasteiger partial charge on any atom is 0.323 e. The van der Waals surface area contributed by atoms with Crippen LogP contribution in [-0.4, -0.2) is 39.6 Å². The summed E-state index contributed by atoms with van der Waals surface area (Å²) in [5, 5.41) is 10.2. The molecule has 1 atom stereocenters. The Hall–Kier alpha value is -3.51. The van der Waals surface area contributed by atoms with Gasteiger partial charge in [0.25, 0.3) is 5.91 Å². The van der Waals surface area contributed by atoms with E-state index in [0.29, 0.717) is 23.4 Å². The lowest BCUT2D eigenvalue weighted by Gasteiger charge is -2.24. The Balaban J connectivity index is 1.33. The molecule has 0 unspecified atom stereocenters. The van der Waals surface area contributed by atoms with Crippen molar-refractivity contribution in [1.82, 2.24) is 4.90 Å². The van der Waals surface area contributed by atoms with Crippen molar-refractivity contribution in [3.05, 3.63) is 93.5 Å². The van der Waals surface area contributed by atoms with E-state index in [1.165, 1.54) is 4.90 Å². The average molecular weight is 520 g/mol. The van der Waals surface area contributed by atoms with Gasteiger partial charge in [0.2, 0.25) is 0 Å². The van der Waals surface area contributed by atoms with E-state index < -0.39 is 11.6 Å². The van der Waals surface area contributed by atoms with E-state index in [4.69, 9.17) is 21.1 Å². The molecule has 1 amide bonds. The minimum atomic E-state index is -1.06. The van der Waals surface area contributed by atoms with Crippen molar-refractivity contribution in [3.63, 3.8) is 0 Å². The quantitative estimate of drug-likeness (QED) is 0.432. The Kier molecular flexibility index (Phi) is 6.40. The lowest BCUT2D eigenvalue weighted by Crippen LogP contribution is -2.35. The zero-order chi connectivity index (χ0) is 26.4. The summed E-state index contributed by atoms with van der Waals surface area (Å²) >= 11 is 6.02. The first-order valence-electron chi connectivity index (χ1n) is 12.4. The number of amides is 1. The van der Waals surface area contributed by atoms with Crippen LogP contribution in [0.4, 0.5) is 0 Å². The van der Waals surface area contributed by atoms with E-state index in [-0.39, 0.29) is 24.6 Å². The number of nitrogens with zero attached hydrogens (tertiary/aromatic N) is 1. The Morgan fingerprint density at radius 1 is 0.892 bits per heavy atom. The Bertz CT molecular complexity index is 1370. The maximum atomic E-state index is 13.5. The van der Waals surface area contributed by atoms with Gasteiger partial charge in [-0.3, -0.25) is 9.59 Å². The highest BCUT2D eigenvalue weighted by Gasteiger charge is 2.36. The topological polar surface area (TPSA) is 76.1 Å². The predicted octanol–water partition coefficient (Wildman–Crippen LogP) is 5.72. The molecule has 0 spiro atoms. The first-order chi connectivity index (χ1) is 17.5. The summed E-state index contributed by atoms with van der Waals surface area (Å²) in [5.41, 5.74) is 3.73. The fraction of sp³-hybridized carbons (Fsp3) is 0.333. The third-order valence-corrected chi connectivity index (χ3v) is 7.09. The monoisotopic (exact) mass is 519 g/mol. The van der Waals surface area contributed by atoms with Gasteiger partial charge in [0.05, 0.1) is 0 Å². The van der Waals surface area contributed by atoms with Crippen LogP contribution in [0.25, 0.3) is 0 Å². The number of hydrogen-bond acceptors (Lipinski definition) is 4. The molecule has 0 aromatic heterocycles. The third kappa shape index (κ3) is 5.59. The molecule has 7 heteroatoms. The van der Waals surface area contributed by atoms with Crippen LogP contribution in [0.3, 0.4) is 0 Å². The van der Waals surface area contributed by atoms with Crippen LogP contribution in [0.1, 0.15) is 53.4 Å². The van der Waals surface area contributed by atoms with Crippen LogP contribution in [0, 0.1) is 0 Å². The summed E-state index contributed by atoms with van der Waals surface area (Å²) in [6.07, 6.45) is 2.11. The number of carbonyl (C=O) groups excluding carboxylic acids is 1. The number of carboxylic acid groups (broad SMARTS) is 1. The molecule has 0 saturated heterocycles. The normalized spacial score (nSPS) is 18.9. The van der Waals surface area contributed by atoms with Crippen LogP contribution < -0.4 is 9.47 Å². The zero-order valence-electron chi connectivity index (χ0n) is 21.2. The molecule has 2 heterocycles. The summed E-state index contributed by atoms with van der Waals surface area (Å²) in [6.45, 7) is 5.93. The first-order valence-corrected chi connectivity index (χ1v) is 12.7.